The Balaban J connectivity index is 2.26. The van der Waals surface area contributed by atoms with E-state index in [0.717, 1.165) is 6.20 Å². The molecule has 0 spiro atoms. The number of nitrogens with zero attached hydrogens (tertiary/aromatic N) is 3. The third kappa shape index (κ3) is 2.79. The Hall–Kier alpha value is -2.77. The molecule has 8 heteroatoms. The lowest BCUT2D eigenvalue weighted by Gasteiger charge is -2.09. The van der Waals surface area contributed by atoms with Gasteiger partial charge in [-0.2, -0.15) is 4.98 Å². The number of amides is 1. The predicted octanol–water partition coefficient (Wildman–Crippen LogP) is 1.28. The van der Waals surface area contributed by atoms with E-state index in [2.05, 4.69) is 20.3 Å². The van der Waals surface area contributed by atoms with Gasteiger partial charge in [0.15, 0.2) is 5.82 Å². The lowest BCUT2D eigenvalue weighted by molar-refractivity contribution is 0.102. The zero-order valence-corrected chi connectivity index (χ0v) is 10.8. The van der Waals surface area contributed by atoms with Gasteiger partial charge in [-0.3, -0.25) is 9.78 Å². The van der Waals surface area contributed by atoms with Gasteiger partial charge in [-0.25, -0.2) is 9.37 Å². The molecule has 2 aromatic heterocycles. The average molecular weight is 278 g/mol. The molecule has 0 atom stereocenters. The normalized spacial score (nSPS) is 9.95. The summed E-state index contributed by atoms with van der Waals surface area (Å²) >= 11 is 0. The van der Waals surface area contributed by atoms with Crippen molar-refractivity contribution >= 4 is 11.6 Å². The molecule has 2 rings (SSSR count). The number of carbonyl (C=O) groups is 1. The van der Waals surface area contributed by atoms with Gasteiger partial charge in [0.05, 0.1) is 32.2 Å². The topological polar surface area (TPSA) is 86.2 Å². The molecule has 0 aliphatic carbocycles. The number of carbonyl (C=O) groups excluding carboxylic acids is 1. The molecule has 0 fully saturated rings. The zero-order chi connectivity index (χ0) is 14.5. The van der Waals surface area contributed by atoms with Crippen molar-refractivity contribution in [3.8, 4) is 11.9 Å². The molecule has 0 saturated carbocycles. The fraction of sp³-hybridized carbons (Fsp3) is 0.167. The maximum absolute atomic E-state index is 13.4. The van der Waals surface area contributed by atoms with E-state index >= 15 is 0 Å². The van der Waals surface area contributed by atoms with Gasteiger partial charge in [-0.1, -0.05) is 0 Å². The van der Waals surface area contributed by atoms with Crippen LogP contribution >= 0.6 is 0 Å². The van der Waals surface area contributed by atoms with Crippen molar-refractivity contribution < 1.29 is 18.7 Å². The summed E-state index contributed by atoms with van der Waals surface area (Å²) in [6.45, 7) is 0. The maximum atomic E-state index is 13.4. The highest BCUT2D eigenvalue weighted by Crippen LogP contribution is 2.23. The summed E-state index contributed by atoms with van der Waals surface area (Å²) in [5, 5.41) is 2.46. The molecule has 0 radical (unpaired) electrons. The van der Waals surface area contributed by atoms with Gasteiger partial charge in [0.1, 0.15) is 5.69 Å². The second kappa shape index (κ2) is 5.91. The Morgan fingerprint density at radius 1 is 1.30 bits per heavy atom. The van der Waals surface area contributed by atoms with Crippen LogP contribution in [0, 0.1) is 5.82 Å². The van der Waals surface area contributed by atoms with E-state index in [-0.39, 0.29) is 23.1 Å². The molecule has 1 N–H and O–H groups in total. The molecule has 2 aromatic rings. The van der Waals surface area contributed by atoms with Gasteiger partial charge in [0, 0.05) is 6.20 Å². The molecular formula is C12H11FN4O3. The SMILES string of the molecule is COc1ncc(NC(=O)c2ccncc2F)c(OC)n1. The number of nitrogens with one attached hydrogen (secondary N) is 1. The second-order valence-corrected chi connectivity index (χ2v) is 3.59. The number of hydrogen-bond donors (Lipinski definition) is 1. The molecule has 2 heterocycles. The summed E-state index contributed by atoms with van der Waals surface area (Å²) < 4.78 is 23.3. The zero-order valence-electron chi connectivity index (χ0n) is 10.8. The Morgan fingerprint density at radius 2 is 2.10 bits per heavy atom. The third-order valence-electron chi connectivity index (χ3n) is 2.37. The Labute approximate surface area is 113 Å². The molecule has 1 amide bonds. The van der Waals surface area contributed by atoms with Crippen LogP contribution in [0.5, 0.6) is 11.9 Å². The number of pyridine rings is 1. The summed E-state index contributed by atoms with van der Waals surface area (Å²) in [4.78, 5) is 23.2. The van der Waals surface area contributed by atoms with Gasteiger partial charge in [-0.15, -0.1) is 0 Å². The van der Waals surface area contributed by atoms with Crippen molar-refractivity contribution in [1.82, 2.24) is 15.0 Å². The highest BCUT2D eigenvalue weighted by molar-refractivity contribution is 6.04. The number of ether oxygens (including phenoxy) is 2. The Bertz CT molecular complexity index is 636. The molecule has 20 heavy (non-hydrogen) atoms. The summed E-state index contributed by atoms with van der Waals surface area (Å²) in [6, 6.07) is 1.36. The van der Waals surface area contributed by atoms with E-state index in [1.165, 1.54) is 32.7 Å². The molecular weight excluding hydrogens is 267 g/mol. The Kier molecular flexibility index (Phi) is 4.04. The van der Waals surface area contributed by atoms with Gasteiger partial charge in [0.2, 0.25) is 5.88 Å². The lowest BCUT2D eigenvalue weighted by Crippen LogP contribution is -2.15. The summed E-state index contributed by atoms with van der Waals surface area (Å²) in [5.41, 5.74) is 0.0624. The van der Waals surface area contributed by atoms with Crippen molar-refractivity contribution in [2.75, 3.05) is 19.5 Å². The van der Waals surface area contributed by atoms with E-state index < -0.39 is 11.7 Å². The van der Waals surface area contributed by atoms with Crippen LogP contribution in [-0.4, -0.2) is 35.1 Å². The monoisotopic (exact) mass is 278 g/mol. The first-order chi connectivity index (χ1) is 9.65. The van der Waals surface area contributed by atoms with Gasteiger partial charge in [-0.05, 0) is 6.07 Å². The van der Waals surface area contributed by atoms with Crippen molar-refractivity contribution in [3.63, 3.8) is 0 Å². The van der Waals surface area contributed by atoms with Crippen LogP contribution in [0.1, 0.15) is 10.4 Å². The fourth-order valence-corrected chi connectivity index (χ4v) is 1.44. The minimum Gasteiger partial charge on any atom is -0.479 e. The van der Waals surface area contributed by atoms with Crippen molar-refractivity contribution in [2.24, 2.45) is 0 Å². The number of hydrogen-bond acceptors (Lipinski definition) is 6. The summed E-state index contributed by atoms with van der Waals surface area (Å²) in [5.74, 6) is -1.27. The molecule has 0 unspecified atom stereocenters. The first-order valence-corrected chi connectivity index (χ1v) is 5.51. The standard InChI is InChI=1S/C12H11FN4O3/c1-19-11-9(6-15-12(17-11)20-2)16-10(18)7-3-4-14-5-8(7)13/h3-6H,1-2H3,(H,16,18). The van der Waals surface area contributed by atoms with Gasteiger partial charge >= 0.3 is 6.01 Å². The molecule has 7 nitrogen and oxygen atoms in total. The van der Waals surface area contributed by atoms with Crippen LogP contribution in [0.25, 0.3) is 0 Å². The summed E-state index contributed by atoms with van der Waals surface area (Å²) in [6.07, 6.45) is 3.58. The van der Waals surface area contributed by atoms with E-state index in [9.17, 15) is 9.18 Å². The number of anilines is 1. The Morgan fingerprint density at radius 3 is 2.75 bits per heavy atom. The van der Waals surface area contributed by atoms with E-state index in [4.69, 9.17) is 9.47 Å². The molecule has 0 aromatic carbocycles. The van der Waals surface area contributed by atoms with Crippen LogP contribution in [0.3, 0.4) is 0 Å². The molecule has 0 aliphatic heterocycles. The van der Waals surface area contributed by atoms with Crippen LogP contribution < -0.4 is 14.8 Å². The van der Waals surface area contributed by atoms with Crippen molar-refractivity contribution in [3.05, 3.63) is 36.0 Å². The highest BCUT2D eigenvalue weighted by atomic mass is 19.1. The minimum absolute atomic E-state index is 0.0925. The van der Waals surface area contributed by atoms with Gasteiger partial charge < -0.3 is 14.8 Å². The fourth-order valence-electron chi connectivity index (χ4n) is 1.44. The van der Waals surface area contributed by atoms with E-state index in [1.54, 1.807) is 0 Å². The molecule has 0 saturated heterocycles. The van der Waals surface area contributed by atoms with Crippen LogP contribution in [0.15, 0.2) is 24.7 Å². The first kappa shape index (κ1) is 13.7. The van der Waals surface area contributed by atoms with Crippen LogP contribution in [0.2, 0.25) is 0 Å². The molecule has 0 aliphatic rings. The van der Waals surface area contributed by atoms with Crippen molar-refractivity contribution in [2.45, 2.75) is 0 Å². The quantitative estimate of drug-likeness (QED) is 0.906. The average Bonchev–Trinajstić information content (AvgIpc) is 2.48. The largest absolute Gasteiger partial charge is 0.479 e. The maximum Gasteiger partial charge on any atom is 0.319 e. The molecule has 0 bridgehead atoms. The second-order valence-electron chi connectivity index (χ2n) is 3.59. The van der Waals surface area contributed by atoms with E-state index in [1.807, 2.05) is 0 Å². The minimum atomic E-state index is -0.724. The number of halogens is 1. The van der Waals surface area contributed by atoms with E-state index in [0.29, 0.717) is 0 Å². The number of aromatic nitrogens is 3. The third-order valence-corrected chi connectivity index (χ3v) is 2.37. The number of methoxy groups -OCH3 is 2. The van der Waals surface area contributed by atoms with Crippen LogP contribution in [0.4, 0.5) is 10.1 Å². The highest BCUT2D eigenvalue weighted by Gasteiger charge is 2.15. The smallest absolute Gasteiger partial charge is 0.319 e. The lowest BCUT2D eigenvalue weighted by atomic mass is 10.2. The first-order valence-electron chi connectivity index (χ1n) is 5.51. The predicted molar refractivity (Wildman–Crippen MR) is 67.3 cm³/mol. The molecule has 104 valence electrons. The summed E-state index contributed by atoms with van der Waals surface area (Å²) in [7, 11) is 2.78. The van der Waals surface area contributed by atoms with Gasteiger partial charge in [0.25, 0.3) is 5.91 Å². The van der Waals surface area contributed by atoms with Crippen LogP contribution in [-0.2, 0) is 0 Å². The van der Waals surface area contributed by atoms with Crippen molar-refractivity contribution in [1.29, 1.82) is 0 Å². The number of rotatable bonds is 4.